The Morgan fingerprint density at radius 2 is 2.00 bits per heavy atom. The zero-order valence-electron chi connectivity index (χ0n) is 6.32. The summed E-state index contributed by atoms with van der Waals surface area (Å²) < 4.78 is 5.01. The predicted octanol–water partition coefficient (Wildman–Crippen LogP) is -0.172. The van der Waals surface area contributed by atoms with Gasteiger partial charge in [-0.25, -0.2) is 4.79 Å². The molecule has 0 saturated heterocycles. The molecule has 1 N–H and O–H groups in total. The SMILES string of the molecule is C[Si](C)(C)OC(=O)N[SiH3]. The fourth-order valence-electron chi connectivity index (χ4n) is 0.329. The van der Waals surface area contributed by atoms with Crippen molar-refractivity contribution in [1.29, 1.82) is 0 Å². The Morgan fingerprint density at radius 1 is 1.56 bits per heavy atom. The van der Waals surface area contributed by atoms with Crippen LogP contribution in [0.1, 0.15) is 0 Å². The van der Waals surface area contributed by atoms with Crippen LogP contribution in [0.5, 0.6) is 0 Å². The lowest BCUT2D eigenvalue weighted by molar-refractivity contribution is 0.205. The monoisotopic (exact) mass is 163 g/mol. The smallest absolute Gasteiger partial charge is 0.384 e. The van der Waals surface area contributed by atoms with E-state index in [2.05, 4.69) is 4.98 Å². The highest BCUT2D eigenvalue weighted by molar-refractivity contribution is 6.71. The van der Waals surface area contributed by atoms with Crippen molar-refractivity contribution in [2.75, 3.05) is 0 Å². The van der Waals surface area contributed by atoms with Gasteiger partial charge in [0.1, 0.15) is 10.4 Å². The van der Waals surface area contributed by atoms with E-state index in [-0.39, 0.29) is 6.09 Å². The van der Waals surface area contributed by atoms with Gasteiger partial charge in [0.05, 0.1) is 0 Å². The number of amides is 1. The molecule has 3 nitrogen and oxygen atoms in total. The molecule has 0 rings (SSSR count). The van der Waals surface area contributed by atoms with Gasteiger partial charge in [-0.2, -0.15) is 0 Å². The Hall–Kier alpha value is -0.296. The van der Waals surface area contributed by atoms with E-state index in [1.807, 2.05) is 19.6 Å². The molecule has 0 aliphatic carbocycles. The lowest BCUT2D eigenvalue weighted by Gasteiger charge is -2.16. The Bertz CT molecular complexity index is 110. The molecule has 0 aromatic rings. The van der Waals surface area contributed by atoms with E-state index in [4.69, 9.17) is 4.43 Å². The minimum Gasteiger partial charge on any atom is -0.505 e. The summed E-state index contributed by atoms with van der Waals surface area (Å²) in [5.74, 6) is 0. The van der Waals surface area contributed by atoms with Gasteiger partial charge in [-0.15, -0.1) is 0 Å². The van der Waals surface area contributed by atoms with E-state index in [0.717, 1.165) is 0 Å². The molecule has 0 radical (unpaired) electrons. The maximum atomic E-state index is 10.6. The van der Waals surface area contributed by atoms with E-state index in [9.17, 15) is 4.79 Å². The highest BCUT2D eigenvalue weighted by atomic mass is 28.4. The first kappa shape index (κ1) is 8.70. The van der Waals surface area contributed by atoms with Crippen molar-refractivity contribution in [3.8, 4) is 0 Å². The topological polar surface area (TPSA) is 38.3 Å². The summed E-state index contributed by atoms with van der Waals surface area (Å²) in [6, 6.07) is 0. The number of hydrogen-bond acceptors (Lipinski definition) is 2. The molecule has 5 heteroatoms. The largest absolute Gasteiger partial charge is 0.505 e. The van der Waals surface area contributed by atoms with E-state index in [1.165, 1.54) is 0 Å². The molecule has 0 heterocycles. The van der Waals surface area contributed by atoms with E-state index in [1.54, 1.807) is 0 Å². The fraction of sp³-hybridized carbons (Fsp3) is 0.750. The minimum atomic E-state index is -1.63. The van der Waals surface area contributed by atoms with Crippen LogP contribution in [0.15, 0.2) is 0 Å². The lowest BCUT2D eigenvalue weighted by Crippen LogP contribution is -2.34. The molecule has 54 valence electrons. The lowest BCUT2D eigenvalue weighted by atomic mass is 11.3. The maximum Gasteiger partial charge on any atom is 0.384 e. The van der Waals surface area contributed by atoms with Crippen LogP contribution in [-0.2, 0) is 4.43 Å². The third-order valence-electron chi connectivity index (χ3n) is 0.603. The number of hydrogen-bond donors (Lipinski definition) is 1. The highest BCUT2D eigenvalue weighted by Crippen LogP contribution is 2.01. The molecule has 0 bridgehead atoms. The number of carbonyl (C=O) groups is 1. The molecule has 0 atom stereocenters. The van der Waals surface area contributed by atoms with Crippen LogP contribution >= 0.6 is 0 Å². The van der Waals surface area contributed by atoms with Gasteiger partial charge in [-0.1, -0.05) is 0 Å². The van der Waals surface area contributed by atoms with Crippen molar-refractivity contribution in [3.63, 3.8) is 0 Å². The van der Waals surface area contributed by atoms with Crippen LogP contribution in [0.3, 0.4) is 0 Å². The Kier molecular flexibility index (Phi) is 2.92. The summed E-state index contributed by atoms with van der Waals surface area (Å²) in [6.07, 6.45) is -0.263. The molecule has 1 amide bonds. The highest BCUT2D eigenvalue weighted by Gasteiger charge is 2.18. The predicted molar refractivity (Wildman–Crippen MR) is 42.9 cm³/mol. The van der Waals surface area contributed by atoms with Gasteiger partial charge in [0.2, 0.25) is 8.32 Å². The summed E-state index contributed by atoms with van der Waals surface area (Å²) in [5.41, 5.74) is 0. The second-order valence-corrected chi connectivity index (χ2v) is 7.68. The van der Waals surface area contributed by atoms with Crippen molar-refractivity contribution in [2.24, 2.45) is 0 Å². The van der Waals surface area contributed by atoms with Gasteiger partial charge in [-0.05, 0) is 19.6 Å². The Morgan fingerprint density at radius 3 is 2.11 bits per heavy atom. The van der Waals surface area contributed by atoms with Gasteiger partial charge in [0, 0.05) is 0 Å². The van der Waals surface area contributed by atoms with Gasteiger partial charge in [0.25, 0.3) is 0 Å². The van der Waals surface area contributed by atoms with Gasteiger partial charge < -0.3 is 9.41 Å². The van der Waals surface area contributed by atoms with Crippen LogP contribution in [0.25, 0.3) is 0 Å². The molecule has 0 aromatic carbocycles. The number of nitrogens with one attached hydrogen (secondary N) is 1. The van der Waals surface area contributed by atoms with Crippen LogP contribution in [0.4, 0.5) is 4.79 Å². The zero-order chi connectivity index (χ0) is 7.49. The van der Waals surface area contributed by atoms with E-state index < -0.39 is 8.32 Å². The molecule has 0 saturated carbocycles. The molecule has 0 fully saturated rings. The van der Waals surface area contributed by atoms with Crippen molar-refractivity contribution in [3.05, 3.63) is 0 Å². The summed E-state index contributed by atoms with van der Waals surface area (Å²) in [5, 5.41) is 0. The number of rotatable bonds is 1. The molecule has 0 aliphatic rings. The molecule has 0 aliphatic heterocycles. The third kappa shape index (κ3) is 5.58. The molecule has 0 aromatic heterocycles. The normalized spacial score (nSPS) is 11.0. The van der Waals surface area contributed by atoms with Crippen LogP contribution in [0.2, 0.25) is 19.6 Å². The first-order valence-corrected chi connectivity index (χ1v) is 7.27. The molecular formula is C4H13NO2Si2. The molecule has 0 spiro atoms. The van der Waals surface area contributed by atoms with Crippen molar-refractivity contribution < 1.29 is 9.22 Å². The van der Waals surface area contributed by atoms with Crippen LogP contribution < -0.4 is 4.98 Å². The summed E-state index contributed by atoms with van der Waals surface area (Å²) in [7, 11) is -0.967. The Balaban J connectivity index is 3.60. The second kappa shape index (κ2) is 3.02. The quantitative estimate of drug-likeness (QED) is 0.545. The standard InChI is InChI=1S/C4H13NO2Si2/c1-9(2,3)7-4(6)5-8/h1-3,8H3,(H,5,6). The van der Waals surface area contributed by atoms with Gasteiger partial charge in [-0.3, -0.25) is 0 Å². The molecular weight excluding hydrogens is 150 g/mol. The second-order valence-electron chi connectivity index (χ2n) is 2.75. The van der Waals surface area contributed by atoms with Gasteiger partial charge >= 0.3 is 6.09 Å². The summed E-state index contributed by atoms with van der Waals surface area (Å²) >= 11 is 0. The van der Waals surface area contributed by atoms with E-state index in [0.29, 0.717) is 10.4 Å². The minimum absolute atomic E-state index is 0.263. The van der Waals surface area contributed by atoms with Crippen molar-refractivity contribution in [1.82, 2.24) is 4.98 Å². The average molecular weight is 163 g/mol. The van der Waals surface area contributed by atoms with Crippen LogP contribution in [-0.4, -0.2) is 24.8 Å². The number of carbonyl (C=O) groups excluding carboxylic acids is 1. The average Bonchev–Trinajstić information content (AvgIpc) is 1.62. The zero-order valence-corrected chi connectivity index (χ0v) is 9.32. The van der Waals surface area contributed by atoms with Gasteiger partial charge in [0.15, 0.2) is 0 Å². The first-order valence-electron chi connectivity index (χ1n) is 2.86. The molecule has 0 unspecified atom stereocenters. The fourth-order valence-corrected chi connectivity index (χ4v) is 1.29. The van der Waals surface area contributed by atoms with Crippen molar-refractivity contribution >= 4 is 24.8 Å². The summed E-state index contributed by atoms with van der Waals surface area (Å²) in [4.78, 5) is 13.1. The Labute approximate surface area is 59.4 Å². The first-order chi connectivity index (χ1) is 3.95. The molecule has 9 heavy (non-hydrogen) atoms. The summed E-state index contributed by atoms with van der Waals surface area (Å²) in [6.45, 7) is 5.93. The maximum absolute atomic E-state index is 10.6. The van der Waals surface area contributed by atoms with E-state index >= 15 is 0 Å². The van der Waals surface area contributed by atoms with Crippen LogP contribution in [0, 0.1) is 0 Å². The van der Waals surface area contributed by atoms with Crippen molar-refractivity contribution in [2.45, 2.75) is 19.6 Å². The third-order valence-corrected chi connectivity index (χ3v) is 1.81.